The first kappa shape index (κ1) is 10.4. The number of pyridine rings is 1. The van der Waals surface area contributed by atoms with Crippen molar-refractivity contribution in [3.8, 4) is 11.3 Å². The molecule has 0 atom stereocenters. The predicted octanol–water partition coefficient (Wildman–Crippen LogP) is 1.25. The van der Waals surface area contributed by atoms with Crippen molar-refractivity contribution in [2.24, 2.45) is 5.73 Å². The summed E-state index contributed by atoms with van der Waals surface area (Å²) >= 11 is 0. The van der Waals surface area contributed by atoms with Gasteiger partial charge in [-0.05, 0) is 25.1 Å². The smallest absolute Gasteiger partial charge is 0.141 e. The molecule has 2 heterocycles. The lowest BCUT2D eigenvalue weighted by Crippen LogP contribution is -2.16. The Morgan fingerprint density at radius 1 is 1.56 bits per heavy atom. The largest absolute Gasteiger partial charge is 0.382 e. The van der Waals surface area contributed by atoms with E-state index in [0.717, 1.165) is 11.3 Å². The Morgan fingerprint density at radius 3 is 2.88 bits per heavy atom. The highest BCUT2D eigenvalue weighted by Gasteiger charge is 2.10. The molecule has 0 unspecified atom stereocenters. The zero-order chi connectivity index (χ0) is 11.5. The molecule has 5 nitrogen and oxygen atoms in total. The summed E-state index contributed by atoms with van der Waals surface area (Å²) < 4.78 is 1.71. The van der Waals surface area contributed by atoms with Crippen LogP contribution in [0.1, 0.15) is 12.6 Å². The predicted molar refractivity (Wildman–Crippen MR) is 62.1 cm³/mol. The topological polar surface area (TPSA) is 80.6 Å². The summed E-state index contributed by atoms with van der Waals surface area (Å²) in [5.41, 5.74) is 7.85. The molecule has 82 valence electrons. The van der Waals surface area contributed by atoms with Gasteiger partial charge < -0.3 is 5.73 Å². The molecule has 0 amide bonds. The third-order valence-corrected chi connectivity index (χ3v) is 2.31. The maximum Gasteiger partial charge on any atom is 0.141 e. The molecule has 0 radical (unpaired) electrons. The minimum atomic E-state index is 0.0319. The van der Waals surface area contributed by atoms with E-state index in [1.807, 2.05) is 25.1 Å². The molecule has 16 heavy (non-hydrogen) atoms. The number of rotatable bonds is 3. The van der Waals surface area contributed by atoms with Crippen LogP contribution in [0.3, 0.4) is 0 Å². The Kier molecular flexibility index (Phi) is 2.68. The van der Waals surface area contributed by atoms with Crippen molar-refractivity contribution in [2.45, 2.75) is 13.5 Å². The Labute approximate surface area is 93.4 Å². The molecule has 0 bridgehead atoms. The minimum Gasteiger partial charge on any atom is -0.382 e. The summed E-state index contributed by atoms with van der Waals surface area (Å²) in [4.78, 5) is 4.04. The van der Waals surface area contributed by atoms with Gasteiger partial charge in [0.25, 0.3) is 0 Å². The summed E-state index contributed by atoms with van der Waals surface area (Å²) in [6.45, 7) is 2.65. The van der Waals surface area contributed by atoms with Crippen molar-refractivity contribution in [2.75, 3.05) is 0 Å². The summed E-state index contributed by atoms with van der Waals surface area (Å²) in [5.74, 6) is 0.0319. The number of nitrogens with one attached hydrogen (secondary N) is 1. The highest BCUT2D eigenvalue weighted by molar-refractivity contribution is 5.94. The van der Waals surface area contributed by atoms with Crippen LogP contribution in [0.5, 0.6) is 0 Å². The Hall–Kier alpha value is -2.17. The maximum atomic E-state index is 7.46. The lowest BCUT2D eigenvalue weighted by atomic mass is 10.2. The molecule has 0 aromatic carbocycles. The highest BCUT2D eigenvalue weighted by atomic mass is 15.3. The first-order valence-electron chi connectivity index (χ1n) is 5.05. The van der Waals surface area contributed by atoms with Crippen molar-refractivity contribution in [1.82, 2.24) is 14.8 Å². The highest BCUT2D eigenvalue weighted by Crippen LogP contribution is 2.17. The molecule has 0 fully saturated rings. The molecule has 0 saturated carbocycles. The Bertz CT molecular complexity index is 500. The first-order chi connectivity index (χ1) is 7.72. The summed E-state index contributed by atoms with van der Waals surface area (Å²) in [6, 6.07) is 5.59. The van der Waals surface area contributed by atoms with Gasteiger partial charge in [0.2, 0.25) is 0 Å². The van der Waals surface area contributed by atoms with Crippen molar-refractivity contribution >= 4 is 5.84 Å². The first-order valence-corrected chi connectivity index (χ1v) is 5.05. The molecule has 5 heteroatoms. The van der Waals surface area contributed by atoms with E-state index < -0.39 is 0 Å². The number of aromatic nitrogens is 3. The van der Waals surface area contributed by atoms with Gasteiger partial charge in [-0.3, -0.25) is 15.1 Å². The Balaban J connectivity index is 2.48. The van der Waals surface area contributed by atoms with E-state index in [-0.39, 0.29) is 5.84 Å². The van der Waals surface area contributed by atoms with Crippen LogP contribution in [0.4, 0.5) is 0 Å². The third-order valence-electron chi connectivity index (χ3n) is 2.31. The van der Waals surface area contributed by atoms with Gasteiger partial charge in [-0.2, -0.15) is 5.10 Å². The number of hydrogen-bond donors (Lipinski definition) is 2. The lowest BCUT2D eigenvalue weighted by Gasteiger charge is -2.00. The molecule has 0 spiro atoms. The van der Waals surface area contributed by atoms with Crippen molar-refractivity contribution in [3.05, 3.63) is 36.3 Å². The van der Waals surface area contributed by atoms with E-state index in [1.165, 1.54) is 0 Å². The van der Waals surface area contributed by atoms with Gasteiger partial charge in [0.05, 0.1) is 5.69 Å². The molecular formula is C11H13N5. The molecule has 3 N–H and O–H groups in total. The molecule has 2 aromatic rings. The van der Waals surface area contributed by atoms with Gasteiger partial charge in [0.15, 0.2) is 0 Å². The van der Waals surface area contributed by atoms with Crippen molar-refractivity contribution in [1.29, 1.82) is 5.41 Å². The second-order valence-corrected chi connectivity index (χ2v) is 3.39. The van der Waals surface area contributed by atoms with Crippen LogP contribution in [0, 0.1) is 5.41 Å². The number of hydrogen-bond acceptors (Lipinski definition) is 3. The van der Waals surface area contributed by atoms with Crippen molar-refractivity contribution < 1.29 is 0 Å². The fourth-order valence-corrected chi connectivity index (χ4v) is 1.53. The average molecular weight is 215 g/mol. The van der Waals surface area contributed by atoms with Gasteiger partial charge in [-0.25, -0.2) is 0 Å². The summed E-state index contributed by atoms with van der Waals surface area (Å²) in [6.07, 6.45) is 3.46. The van der Waals surface area contributed by atoms with E-state index in [4.69, 9.17) is 11.1 Å². The fourth-order valence-electron chi connectivity index (χ4n) is 1.53. The number of nitrogen functional groups attached to an aromatic ring is 1. The minimum absolute atomic E-state index is 0.0319. The van der Waals surface area contributed by atoms with Crippen LogP contribution in [-0.4, -0.2) is 20.6 Å². The van der Waals surface area contributed by atoms with Crippen LogP contribution >= 0.6 is 0 Å². The SMILES string of the molecule is CCn1nc(-c2cccnc2)cc1C(=N)N. The quantitative estimate of drug-likeness (QED) is 0.597. The fraction of sp³-hybridized carbons (Fsp3) is 0.182. The monoisotopic (exact) mass is 215 g/mol. The normalized spacial score (nSPS) is 10.3. The van der Waals surface area contributed by atoms with Crippen LogP contribution in [-0.2, 0) is 6.54 Å². The van der Waals surface area contributed by atoms with Crippen LogP contribution < -0.4 is 5.73 Å². The zero-order valence-electron chi connectivity index (χ0n) is 9.01. The van der Waals surface area contributed by atoms with Crippen molar-refractivity contribution in [3.63, 3.8) is 0 Å². The van der Waals surface area contributed by atoms with Crippen LogP contribution in [0.2, 0.25) is 0 Å². The standard InChI is InChI=1S/C11H13N5/c1-2-16-10(11(12)13)6-9(15-16)8-4-3-5-14-7-8/h3-7H,2H2,1H3,(H3,12,13). The molecule has 0 aliphatic rings. The van der Waals surface area contributed by atoms with E-state index in [0.29, 0.717) is 12.2 Å². The van der Waals surface area contributed by atoms with Crippen LogP contribution in [0.25, 0.3) is 11.3 Å². The number of amidine groups is 1. The molecule has 2 aromatic heterocycles. The van der Waals surface area contributed by atoms with Gasteiger partial charge in [-0.1, -0.05) is 0 Å². The van der Waals surface area contributed by atoms with Gasteiger partial charge >= 0.3 is 0 Å². The van der Waals surface area contributed by atoms with E-state index in [2.05, 4.69) is 10.1 Å². The van der Waals surface area contributed by atoms with E-state index >= 15 is 0 Å². The van der Waals surface area contributed by atoms with Crippen LogP contribution in [0.15, 0.2) is 30.6 Å². The number of nitrogens with zero attached hydrogens (tertiary/aromatic N) is 3. The number of aryl methyl sites for hydroxylation is 1. The summed E-state index contributed by atoms with van der Waals surface area (Å²) in [5, 5.41) is 11.8. The van der Waals surface area contributed by atoms with E-state index in [9.17, 15) is 0 Å². The molecular weight excluding hydrogens is 202 g/mol. The molecule has 0 aliphatic heterocycles. The maximum absolute atomic E-state index is 7.46. The van der Waals surface area contributed by atoms with E-state index in [1.54, 1.807) is 17.1 Å². The average Bonchev–Trinajstić information content (AvgIpc) is 2.74. The molecule has 0 aliphatic carbocycles. The second kappa shape index (κ2) is 4.14. The molecule has 0 saturated heterocycles. The van der Waals surface area contributed by atoms with Gasteiger partial charge in [0, 0.05) is 24.5 Å². The van der Waals surface area contributed by atoms with Gasteiger partial charge in [-0.15, -0.1) is 0 Å². The third kappa shape index (κ3) is 1.79. The summed E-state index contributed by atoms with van der Waals surface area (Å²) in [7, 11) is 0. The van der Waals surface area contributed by atoms with Gasteiger partial charge in [0.1, 0.15) is 11.5 Å². The lowest BCUT2D eigenvalue weighted by molar-refractivity contribution is 0.655. The number of nitrogens with two attached hydrogens (primary N) is 1. The second-order valence-electron chi connectivity index (χ2n) is 3.39. The zero-order valence-corrected chi connectivity index (χ0v) is 9.01. The Morgan fingerprint density at radius 2 is 2.38 bits per heavy atom. The molecule has 2 rings (SSSR count).